The zero-order valence-electron chi connectivity index (χ0n) is 13.2. The van der Waals surface area contributed by atoms with Crippen LogP contribution in [0.3, 0.4) is 0 Å². The predicted molar refractivity (Wildman–Crippen MR) is 86.6 cm³/mol. The van der Waals surface area contributed by atoms with Crippen LogP contribution in [0.15, 0.2) is 30.3 Å². The van der Waals surface area contributed by atoms with E-state index in [2.05, 4.69) is 59.8 Å². The summed E-state index contributed by atoms with van der Waals surface area (Å²) in [6.45, 7) is 8.59. The lowest BCUT2D eigenvalue weighted by Gasteiger charge is -2.49. The molecular weight excluding hydrogens is 258 g/mol. The van der Waals surface area contributed by atoms with Crippen molar-refractivity contribution in [1.82, 2.24) is 10.2 Å². The van der Waals surface area contributed by atoms with Gasteiger partial charge in [-0.2, -0.15) is 7.05 Å². The van der Waals surface area contributed by atoms with E-state index in [0.717, 1.165) is 0 Å². The number of hydrogen-bond acceptors (Lipinski definition) is 2. The molecule has 0 aliphatic carbocycles. The van der Waals surface area contributed by atoms with Crippen LogP contribution < -0.4 is 10.6 Å². The molecule has 21 heavy (non-hydrogen) atoms. The lowest BCUT2D eigenvalue weighted by atomic mass is 9.73. The van der Waals surface area contributed by atoms with Crippen molar-refractivity contribution in [1.29, 1.82) is 0 Å². The quantitative estimate of drug-likeness (QED) is 0.803. The van der Waals surface area contributed by atoms with Gasteiger partial charge in [-0.3, -0.25) is 0 Å². The molecule has 2 heterocycles. The van der Waals surface area contributed by atoms with Gasteiger partial charge >= 0.3 is 0 Å². The van der Waals surface area contributed by atoms with Crippen LogP contribution >= 0.6 is 0 Å². The average Bonchev–Trinajstić information content (AvgIpc) is 2.48. The van der Waals surface area contributed by atoms with Crippen LogP contribution in [0.5, 0.6) is 0 Å². The van der Waals surface area contributed by atoms with Crippen LogP contribution in [0.1, 0.15) is 31.4 Å². The summed E-state index contributed by atoms with van der Waals surface area (Å²) in [5, 5.41) is 5.57. The first kappa shape index (κ1) is 15.0. The van der Waals surface area contributed by atoms with Crippen molar-refractivity contribution < 1.29 is 5.32 Å². The molecule has 0 aromatic heterocycles. The lowest BCUT2D eigenvalue weighted by molar-refractivity contribution is -0.648. The van der Waals surface area contributed by atoms with E-state index in [1.165, 1.54) is 51.1 Å². The molecule has 2 atom stereocenters. The number of nitrogens with two attached hydrogens (primary N) is 1. The minimum absolute atomic E-state index is 0.465. The first-order chi connectivity index (χ1) is 10.2. The third-order valence-electron chi connectivity index (χ3n) is 5.51. The Labute approximate surface area is 129 Å². The third kappa shape index (κ3) is 3.31. The largest absolute Gasteiger partial charge is 0.472 e. The molecule has 2 fully saturated rings. The minimum Gasteiger partial charge on any atom is -0.472 e. The summed E-state index contributed by atoms with van der Waals surface area (Å²) in [5.74, 6) is 0.624. The van der Waals surface area contributed by atoms with Crippen molar-refractivity contribution in [3.63, 3.8) is 0 Å². The summed E-state index contributed by atoms with van der Waals surface area (Å²) >= 11 is 0. The molecule has 3 nitrogen and oxygen atoms in total. The second-order valence-electron chi connectivity index (χ2n) is 7.05. The first-order valence-electron chi connectivity index (χ1n) is 8.33. The molecule has 2 aliphatic rings. The van der Waals surface area contributed by atoms with Crippen molar-refractivity contribution in [2.24, 2.45) is 11.3 Å². The van der Waals surface area contributed by atoms with Gasteiger partial charge in [0, 0.05) is 31.1 Å². The molecule has 3 N–H and O–H groups in total. The Balaban J connectivity index is 1.54. The number of nitrogens with one attached hydrogen (secondary N) is 1. The van der Waals surface area contributed by atoms with Gasteiger partial charge in [-0.25, -0.2) is 0 Å². The SMILES string of the molecule is [CH2-][NH2+][C@@H](c1ccccc1)[C@@H](C)CN1CCC2(CC1)CNC2. The fourth-order valence-electron chi connectivity index (χ4n) is 3.94. The summed E-state index contributed by atoms with van der Waals surface area (Å²) < 4.78 is 0. The molecule has 2 saturated heterocycles. The second-order valence-corrected chi connectivity index (χ2v) is 7.05. The smallest absolute Gasteiger partial charge is 0.0914 e. The van der Waals surface area contributed by atoms with E-state index in [1.807, 2.05) is 0 Å². The highest BCUT2D eigenvalue weighted by Crippen LogP contribution is 2.35. The second kappa shape index (κ2) is 6.47. The summed E-state index contributed by atoms with van der Waals surface area (Å²) in [4.78, 5) is 2.66. The zero-order chi connectivity index (χ0) is 14.7. The van der Waals surface area contributed by atoms with Gasteiger partial charge in [0.25, 0.3) is 0 Å². The summed E-state index contributed by atoms with van der Waals surface area (Å²) in [6.07, 6.45) is 2.74. The van der Waals surface area contributed by atoms with Crippen LogP contribution in [-0.2, 0) is 0 Å². The molecule has 1 aromatic rings. The van der Waals surface area contributed by atoms with Crippen molar-refractivity contribution >= 4 is 0 Å². The minimum atomic E-state index is 0.465. The lowest BCUT2D eigenvalue weighted by Crippen LogP contribution is -2.80. The van der Waals surface area contributed by atoms with Crippen LogP contribution in [0.25, 0.3) is 0 Å². The molecule has 1 aromatic carbocycles. The number of rotatable bonds is 5. The fourth-order valence-corrected chi connectivity index (χ4v) is 3.94. The van der Waals surface area contributed by atoms with Gasteiger partial charge in [0.05, 0.1) is 6.04 Å². The predicted octanol–water partition coefficient (Wildman–Crippen LogP) is 1.40. The average molecular weight is 287 g/mol. The number of benzene rings is 1. The summed E-state index contributed by atoms with van der Waals surface area (Å²) in [7, 11) is 4.07. The van der Waals surface area contributed by atoms with E-state index in [0.29, 0.717) is 17.4 Å². The molecule has 116 valence electrons. The Hall–Kier alpha value is -0.900. The maximum atomic E-state index is 4.07. The summed E-state index contributed by atoms with van der Waals surface area (Å²) in [5.41, 5.74) is 2.05. The van der Waals surface area contributed by atoms with E-state index in [4.69, 9.17) is 0 Å². The van der Waals surface area contributed by atoms with Gasteiger partial charge in [-0.05, 0) is 31.3 Å². The fraction of sp³-hybridized carbons (Fsp3) is 0.611. The molecule has 0 bridgehead atoms. The van der Waals surface area contributed by atoms with E-state index in [1.54, 1.807) is 0 Å². The van der Waals surface area contributed by atoms with E-state index in [-0.39, 0.29) is 0 Å². The van der Waals surface area contributed by atoms with Crippen LogP contribution in [0.2, 0.25) is 0 Å². The van der Waals surface area contributed by atoms with Crippen LogP contribution in [0.4, 0.5) is 0 Å². The molecule has 0 saturated carbocycles. The molecule has 0 unspecified atom stereocenters. The van der Waals surface area contributed by atoms with Gasteiger partial charge < -0.3 is 15.5 Å². The summed E-state index contributed by atoms with van der Waals surface area (Å²) in [6, 6.07) is 11.3. The maximum absolute atomic E-state index is 4.07. The first-order valence-corrected chi connectivity index (χ1v) is 8.33. The molecule has 0 radical (unpaired) electrons. The Bertz CT molecular complexity index is 431. The normalized spacial score (nSPS) is 24.5. The standard InChI is InChI=1S/C18H29N3/c1-15(17(19-2)16-6-4-3-5-7-16)12-21-10-8-18(9-11-21)13-20-14-18/h3-7,15,17,20H,2,8-14,19H2,1H3/t15-,17+/m0/s1. The Morgan fingerprint density at radius 2 is 1.90 bits per heavy atom. The van der Waals surface area contributed by atoms with Gasteiger partial charge in [0.15, 0.2) is 0 Å². The monoisotopic (exact) mass is 287 g/mol. The topological polar surface area (TPSA) is 31.9 Å². The van der Waals surface area contributed by atoms with Crippen molar-refractivity contribution in [2.45, 2.75) is 25.8 Å². The maximum Gasteiger partial charge on any atom is 0.0914 e. The van der Waals surface area contributed by atoms with Gasteiger partial charge in [-0.1, -0.05) is 37.3 Å². The van der Waals surface area contributed by atoms with Crippen LogP contribution in [-0.4, -0.2) is 37.6 Å². The highest BCUT2D eigenvalue weighted by atomic mass is 15.2. The molecule has 3 heteroatoms. The zero-order valence-corrected chi connectivity index (χ0v) is 13.2. The van der Waals surface area contributed by atoms with E-state index in [9.17, 15) is 0 Å². The van der Waals surface area contributed by atoms with Gasteiger partial charge in [-0.15, -0.1) is 0 Å². The highest BCUT2D eigenvalue weighted by Gasteiger charge is 2.39. The number of nitrogens with zero attached hydrogens (tertiary/aromatic N) is 1. The van der Waals surface area contributed by atoms with E-state index >= 15 is 0 Å². The molecule has 1 spiro atoms. The molecule has 2 aliphatic heterocycles. The Morgan fingerprint density at radius 1 is 1.24 bits per heavy atom. The number of hydrogen-bond donors (Lipinski definition) is 2. The van der Waals surface area contributed by atoms with E-state index < -0.39 is 0 Å². The number of piperidine rings is 1. The molecule has 3 rings (SSSR count). The number of quaternary nitrogens is 1. The Kier molecular flexibility index (Phi) is 4.63. The highest BCUT2D eigenvalue weighted by molar-refractivity contribution is 5.17. The number of likely N-dealkylation sites (tertiary alicyclic amines) is 1. The third-order valence-corrected chi connectivity index (χ3v) is 5.51. The van der Waals surface area contributed by atoms with Crippen LogP contribution in [0, 0.1) is 18.4 Å². The van der Waals surface area contributed by atoms with Gasteiger partial charge in [0.2, 0.25) is 0 Å². The molecular formula is C18H29N3. The van der Waals surface area contributed by atoms with Crippen molar-refractivity contribution in [3.8, 4) is 0 Å². The van der Waals surface area contributed by atoms with Gasteiger partial charge in [0.1, 0.15) is 0 Å². The molecule has 0 amide bonds. The Morgan fingerprint density at radius 3 is 2.43 bits per heavy atom. The van der Waals surface area contributed by atoms with Crippen molar-refractivity contribution in [3.05, 3.63) is 42.9 Å². The van der Waals surface area contributed by atoms with Crippen molar-refractivity contribution in [2.75, 3.05) is 32.7 Å².